The average Bonchev–Trinajstić information content (AvgIpc) is 3.02. The number of carbonyl (C=O) groups excluding carboxylic acids is 1. The first-order valence-corrected chi connectivity index (χ1v) is 8.73. The van der Waals surface area contributed by atoms with E-state index in [2.05, 4.69) is 18.8 Å². The molecule has 0 saturated heterocycles. The van der Waals surface area contributed by atoms with E-state index in [1.54, 1.807) is 18.4 Å². The summed E-state index contributed by atoms with van der Waals surface area (Å²) in [4.78, 5) is 18.7. The van der Waals surface area contributed by atoms with Gasteiger partial charge in [-0.1, -0.05) is 19.1 Å². The second kappa shape index (κ2) is 8.11. The van der Waals surface area contributed by atoms with E-state index in [0.717, 1.165) is 29.3 Å². The quantitative estimate of drug-likeness (QED) is 0.781. The Morgan fingerprint density at radius 3 is 2.61 bits per heavy atom. The Kier molecular flexibility index (Phi) is 6.16. The molecule has 0 radical (unpaired) electrons. The zero-order valence-electron chi connectivity index (χ0n) is 14.2. The fraction of sp³-hybridized carbons (Fsp3) is 0.444. The molecular formula is C18H24N2O2S. The van der Waals surface area contributed by atoms with Gasteiger partial charge in [-0.2, -0.15) is 0 Å². The van der Waals surface area contributed by atoms with Crippen LogP contribution in [0.5, 0.6) is 5.75 Å². The zero-order valence-corrected chi connectivity index (χ0v) is 15.0. The van der Waals surface area contributed by atoms with Crippen LogP contribution in [0.25, 0.3) is 0 Å². The number of benzene rings is 1. The van der Waals surface area contributed by atoms with E-state index < -0.39 is 0 Å². The molecule has 1 unspecified atom stereocenters. The molecule has 0 aliphatic heterocycles. The van der Waals surface area contributed by atoms with Crippen molar-refractivity contribution in [2.75, 3.05) is 14.2 Å². The predicted molar refractivity (Wildman–Crippen MR) is 94.1 cm³/mol. The van der Waals surface area contributed by atoms with Crippen molar-refractivity contribution in [3.63, 3.8) is 0 Å². The van der Waals surface area contributed by atoms with Gasteiger partial charge >= 0.3 is 0 Å². The number of aryl methyl sites for hydroxylation is 1. The van der Waals surface area contributed by atoms with Gasteiger partial charge in [0.25, 0.3) is 0 Å². The summed E-state index contributed by atoms with van der Waals surface area (Å²) in [5, 5.41) is 3.07. The van der Waals surface area contributed by atoms with Gasteiger partial charge in [-0.05, 0) is 37.5 Å². The number of ether oxygens (including phenoxy) is 1. The number of hydrogen-bond donors (Lipinski definition) is 0. The van der Waals surface area contributed by atoms with Gasteiger partial charge in [-0.25, -0.2) is 4.98 Å². The second-order valence-electron chi connectivity index (χ2n) is 5.67. The number of rotatable bonds is 7. The third kappa shape index (κ3) is 4.79. The first-order chi connectivity index (χ1) is 11.0. The fourth-order valence-corrected chi connectivity index (χ4v) is 3.10. The largest absolute Gasteiger partial charge is 0.497 e. The lowest BCUT2D eigenvalue weighted by molar-refractivity contribution is -0.130. The van der Waals surface area contributed by atoms with Crippen molar-refractivity contribution in [2.45, 2.75) is 39.2 Å². The number of methoxy groups -OCH3 is 1. The Labute approximate surface area is 142 Å². The van der Waals surface area contributed by atoms with Gasteiger partial charge in [0.15, 0.2) is 0 Å². The highest BCUT2D eigenvalue weighted by atomic mass is 32.1. The van der Waals surface area contributed by atoms with Crippen molar-refractivity contribution in [3.8, 4) is 5.75 Å². The Morgan fingerprint density at radius 2 is 2.04 bits per heavy atom. The van der Waals surface area contributed by atoms with Gasteiger partial charge in [-0.15, -0.1) is 11.3 Å². The van der Waals surface area contributed by atoms with E-state index in [0.29, 0.717) is 6.42 Å². The molecule has 1 heterocycles. The average molecular weight is 332 g/mol. The maximum Gasteiger partial charge on any atom is 0.228 e. The zero-order chi connectivity index (χ0) is 16.8. The van der Waals surface area contributed by atoms with Crippen molar-refractivity contribution in [2.24, 2.45) is 0 Å². The topological polar surface area (TPSA) is 42.4 Å². The van der Waals surface area contributed by atoms with Crippen molar-refractivity contribution in [1.82, 2.24) is 9.88 Å². The summed E-state index contributed by atoms with van der Waals surface area (Å²) < 4.78 is 5.17. The van der Waals surface area contributed by atoms with Crippen LogP contribution in [0.2, 0.25) is 0 Å². The molecular weight excluding hydrogens is 308 g/mol. The van der Waals surface area contributed by atoms with E-state index in [1.165, 1.54) is 5.56 Å². The number of amides is 1. The van der Waals surface area contributed by atoms with E-state index in [-0.39, 0.29) is 11.9 Å². The van der Waals surface area contributed by atoms with E-state index in [9.17, 15) is 4.79 Å². The first-order valence-electron chi connectivity index (χ1n) is 7.85. The van der Waals surface area contributed by atoms with Gasteiger partial charge in [-0.3, -0.25) is 4.79 Å². The fourth-order valence-electron chi connectivity index (χ4n) is 2.36. The van der Waals surface area contributed by atoms with E-state index in [1.807, 2.05) is 41.6 Å². The van der Waals surface area contributed by atoms with Crippen LogP contribution in [0, 0.1) is 0 Å². The Bertz CT molecular complexity index is 637. The minimum Gasteiger partial charge on any atom is -0.497 e. The molecule has 23 heavy (non-hydrogen) atoms. The molecule has 124 valence electrons. The summed E-state index contributed by atoms with van der Waals surface area (Å²) in [6.45, 7) is 4.15. The number of aromatic nitrogens is 1. The summed E-state index contributed by atoms with van der Waals surface area (Å²) in [5.41, 5.74) is 2.07. The third-order valence-electron chi connectivity index (χ3n) is 3.98. The molecule has 0 bridgehead atoms. The molecule has 5 heteroatoms. The summed E-state index contributed by atoms with van der Waals surface area (Å²) >= 11 is 1.62. The van der Waals surface area contributed by atoms with Crippen LogP contribution >= 0.6 is 11.3 Å². The molecule has 0 N–H and O–H groups in total. The van der Waals surface area contributed by atoms with Crippen molar-refractivity contribution >= 4 is 17.2 Å². The highest BCUT2D eigenvalue weighted by Gasteiger charge is 2.17. The minimum atomic E-state index is 0.110. The highest BCUT2D eigenvalue weighted by Crippen LogP contribution is 2.15. The molecule has 0 aliphatic rings. The van der Waals surface area contributed by atoms with Crippen LogP contribution in [0.4, 0.5) is 0 Å². The Morgan fingerprint density at radius 1 is 1.35 bits per heavy atom. The molecule has 1 atom stereocenters. The van der Waals surface area contributed by atoms with Crippen LogP contribution < -0.4 is 4.74 Å². The number of likely N-dealkylation sites (N-methyl/N-ethyl adjacent to an activating group) is 1. The highest BCUT2D eigenvalue weighted by molar-refractivity contribution is 7.09. The summed E-state index contributed by atoms with van der Waals surface area (Å²) in [5.74, 6) is 0.958. The van der Waals surface area contributed by atoms with Crippen LogP contribution in [0.15, 0.2) is 29.6 Å². The van der Waals surface area contributed by atoms with Gasteiger partial charge in [0.2, 0.25) is 5.91 Å². The van der Waals surface area contributed by atoms with Gasteiger partial charge in [0.05, 0.1) is 24.2 Å². The molecule has 1 aromatic carbocycles. The van der Waals surface area contributed by atoms with E-state index >= 15 is 0 Å². The minimum absolute atomic E-state index is 0.110. The lowest BCUT2D eigenvalue weighted by Crippen LogP contribution is -2.37. The predicted octanol–water partition coefficient (Wildman–Crippen LogP) is 3.35. The Balaban J connectivity index is 1.92. The molecule has 0 saturated carbocycles. The SMILES string of the molecule is CCc1nc(CC(=O)N(C)C(C)Cc2ccc(OC)cc2)cs1. The Hall–Kier alpha value is -1.88. The van der Waals surface area contributed by atoms with Crippen molar-refractivity contribution in [1.29, 1.82) is 0 Å². The molecule has 2 rings (SSSR count). The summed E-state index contributed by atoms with van der Waals surface area (Å²) in [6.07, 6.45) is 2.12. The number of nitrogens with zero attached hydrogens (tertiary/aromatic N) is 2. The van der Waals surface area contributed by atoms with Gasteiger partial charge in [0.1, 0.15) is 5.75 Å². The number of carbonyl (C=O) groups is 1. The molecule has 0 spiro atoms. The normalized spacial score (nSPS) is 12.0. The van der Waals surface area contributed by atoms with Crippen molar-refractivity contribution < 1.29 is 9.53 Å². The third-order valence-corrected chi connectivity index (χ3v) is 5.02. The number of hydrogen-bond acceptors (Lipinski definition) is 4. The monoisotopic (exact) mass is 332 g/mol. The molecule has 1 aromatic heterocycles. The van der Waals surface area contributed by atoms with Gasteiger partial charge < -0.3 is 9.64 Å². The first kappa shape index (κ1) is 17.5. The van der Waals surface area contributed by atoms with Gasteiger partial charge in [0, 0.05) is 18.5 Å². The van der Waals surface area contributed by atoms with E-state index in [4.69, 9.17) is 4.74 Å². The lowest BCUT2D eigenvalue weighted by atomic mass is 10.1. The molecule has 1 amide bonds. The standard InChI is InChI=1S/C18H24N2O2S/c1-5-17-19-15(12-23-17)11-18(21)20(3)13(2)10-14-6-8-16(22-4)9-7-14/h6-9,12-13H,5,10-11H2,1-4H3. The second-order valence-corrected chi connectivity index (χ2v) is 6.61. The smallest absolute Gasteiger partial charge is 0.228 e. The van der Waals surface area contributed by atoms with Crippen LogP contribution in [0.3, 0.4) is 0 Å². The molecule has 4 nitrogen and oxygen atoms in total. The molecule has 0 fully saturated rings. The van der Waals surface area contributed by atoms with Crippen LogP contribution in [-0.2, 0) is 24.1 Å². The van der Waals surface area contributed by atoms with Crippen molar-refractivity contribution in [3.05, 3.63) is 45.9 Å². The summed E-state index contributed by atoms with van der Waals surface area (Å²) in [7, 11) is 3.52. The van der Waals surface area contributed by atoms with Crippen LogP contribution in [0.1, 0.15) is 30.1 Å². The summed E-state index contributed by atoms with van der Waals surface area (Å²) in [6, 6.07) is 8.13. The maximum atomic E-state index is 12.4. The number of thiazole rings is 1. The molecule has 2 aromatic rings. The lowest BCUT2D eigenvalue weighted by Gasteiger charge is -2.25. The van der Waals surface area contributed by atoms with Crippen LogP contribution in [-0.4, -0.2) is 36.0 Å². The maximum absolute atomic E-state index is 12.4. The molecule has 0 aliphatic carbocycles.